The Morgan fingerprint density at radius 1 is 1.29 bits per heavy atom. The number of hydrogen-bond donors (Lipinski definition) is 2. The molecule has 8 heteroatoms. The third-order valence-electron chi connectivity index (χ3n) is 3.04. The molecule has 0 bridgehead atoms. The van der Waals surface area contributed by atoms with Crippen molar-refractivity contribution in [2.45, 2.75) is 26.4 Å². The molecule has 1 aromatic carbocycles. The van der Waals surface area contributed by atoms with Gasteiger partial charge >= 0.3 is 6.09 Å². The standard InChI is InChI=1S/C16H16N4O3S/c1-16(2,3)23-15(22)19-14-17-8-12(24-14)9-4-5-11-10(6-9)7-18-20-13(11)21/h4-8H,1-3H3,(H,20,21)(H,17,19,22). The Kier molecular flexibility index (Phi) is 4.06. The van der Waals surface area contributed by atoms with Crippen LogP contribution in [0.5, 0.6) is 5.88 Å². The molecule has 2 heterocycles. The van der Waals surface area contributed by atoms with Crippen molar-refractivity contribution in [1.82, 2.24) is 15.2 Å². The number of benzene rings is 1. The first-order chi connectivity index (χ1) is 11.3. The Bertz CT molecular complexity index is 902. The minimum absolute atomic E-state index is 0.101. The number of rotatable bonds is 2. The van der Waals surface area contributed by atoms with Gasteiger partial charge in [-0.3, -0.25) is 5.32 Å². The van der Waals surface area contributed by atoms with Gasteiger partial charge in [0.25, 0.3) is 0 Å². The van der Waals surface area contributed by atoms with Crippen LogP contribution < -0.4 is 5.32 Å². The summed E-state index contributed by atoms with van der Waals surface area (Å²) in [6.07, 6.45) is 2.72. The zero-order valence-electron chi connectivity index (χ0n) is 13.4. The van der Waals surface area contributed by atoms with E-state index in [1.807, 2.05) is 12.1 Å². The summed E-state index contributed by atoms with van der Waals surface area (Å²) in [5, 5.41) is 21.5. The number of carbonyl (C=O) groups is 1. The zero-order chi connectivity index (χ0) is 17.3. The highest BCUT2D eigenvalue weighted by molar-refractivity contribution is 7.19. The molecule has 0 unspecified atom stereocenters. The van der Waals surface area contributed by atoms with Gasteiger partial charge in [-0.15, -0.1) is 5.10 Å². The number of nitrogens with one attached hydrogen (secondary N) is 1. The van der Waals surface area contributed by atoms with Crippen LogP contribution in [0.1, 0.15) is 20.8 Å². The molecule has 0 aliphatic carbocycles. The summed E-state index contributed by atoms with van der Waals surface area (Å²) in [6, 6.07) is 5.51. The summed E-state index contributed by atoms with van der Waals surface area (Å²) in [5.74, 6) is -0.101. The lowest BCUT2D eigenvalue weighted by atomic mass is 10.1. The lowest BCUT2D eigenvalue weighted by molar-refractivity contribution is 0.0636. The quantitative estimate of drug-likeness (QED) is 0.734. The van der Waals surface area contributed by atoms with Crippen LogP contribution in [-0.2, 0) is 4.74 Å². The Morgan fingerprint density at radius 2 is 2.08 bits per heavy atom. The minimum atomic E-state index is -0.564. The Hall–Kier alpha value is -2.74. The molecule has 0 spiro atoms. The van der Waals surface area contributed by atoms with Gasteiger partial charge < -0.3 is 9.84 Å². The molecule has 7 nitrogen and oxygen atoms in total. The van der Waals surface area contributed by atoms with Crippen LogP contribution in [-0.4, -0.2) is 32.0 Å². The van der Waals surface area contributed by atoms with E-state index in [1.165, 1.54) is 11.3 Å². The lowest BCUT2D eigenvalue weighted by Crippen LogP contribution is -2.27. The average Bonchev–Trinajstić information content (AvgIpc) is 2.93. The molecule has 2 aromatic heterocycles. The van der Waals surface area contributed by atoms with Gasteiger partial charge in [-0.05, 0) is 38.5 Å². The van der Waals surface area contributed by atoms with E-state index in [4.69, 9.17) is 4.74 Å². The van der Waals surface area contributed by atoms with E-state index in [9.17, 15) is 9.90 Å². The molecule has 0 aliphatic heterocycles. The molecule has 24 heavy (non-hydrogen) atoms. The Labute approximate surface area is 142 Å². The predicted octanol–water partition coefficient (Wildman–Crippen LogP) is 3.81. The number of aromatic hydroxyl groups is 1. The van der Waals surface area contributed by atoms with Crippen molar-refractivity contribution in [3.05, 3.63) is 30.6 Å². The topological polar surface area (TPSA) is 97.2 Å². The van der Waals surface area contributed by atoms with Crippen molar-refractivity contribution in [1.29, 1.82) is 0 Å². The van der Waals surface area contributed by atoms with Crippen molar-refractivity contribution in [3.63, 3.8) is 0 Å². The van der Waals surface area contributed by atoms with Crippen LogP contribution in [0.3, 0.4) is 0 Å². The van der Waals surface area contributed by atoms with Gasteiger partial charge in [0, 0.05) is 17.0 Å². The minimum Gasteiger partial charge on any atom is -0.492 e. The van der Waals surface area contributed by atoms with E-state index in [0.717, 1.165) is 15.8 Å². The summed E-state index contributed by atoms with van der Waals surface area (Å²) in [4.78, 5) is 16.8. The third-order valence-corrected chi connectivity index (χ3v) is 4.00. The summed E-state index contributed by atoms with van der Waals surface area (Å²) in [5.41, 5.74) is 0.343. The predicted molar refractivity (Wildman–Crippen MR) is 92.2 cm³/mol. The molecule has 0 fully saturated rings. The maximum Gasteiger partial charge on any atom is 0.413 e. The normalized spacial score (nSPS) is 11.5. The maximum absolute atomic E-state index is 11.8. The molecular formula is C16H16N4O3S. The number of anilines is 1. The van der Waals surface area contributed by atoms with Gasteiger partial charge in [-0.25, -0.2) is 9.78 Å². The fourth-order valence-corrected chi connectivity index (χ4v) is 2.88. The highest BCUT2D eigenvalue weighted by Crippen LogP contribution is 2.32. The van der Waals surface area contributed by atoms with Gasteiger partial charge in [0.05, 0.1) is 11.1 Å². The third kappa shape index (κ3) is 3.60. The Balaban J connectivity index is 1.82. The second kappa shape index (κ2) is 6.04. The molecule has 0 aliphatic rings. The average molecular weight is 344 g/mol. The first kappa shape index (κ1) is 16.1. The first-order valence-corrected chi connectivity index (χ1v) is 8.04. The molecule has 3 aromatic rings. The lowest BCUT2D eigenvalue weighted by Gasteiger charge is -2.18. The molecule has 3 rings (SSSR count). The van der Waals surface area contributed by atoms with Crippen LogP contribution in [0.15, 0.2) is 30.6 Å². The second-order valence-electron chi connectivity index (χ2n) is 6.13. The van der Waals surface area contributed by atoms with Gasteiger partial charge in [-0.2, -0.15) is 5.10 Å². The second-order valence-corrected chi connectivity index (χ2v) is 7.16. The summed E-state index contributed by atoms with van der Waals surface area (Å²) >= 11 is 1.33. The molecule has 2 N–H and O–H groups in total. The van der Waals surface area contributed by atoms with Crippen LogP contribution in [0.2, 0.25) is 0 Å². The van der Waals surface area contributed by atoms with E-state index in [1.54, 1.807) is 39.2 Å². The van der Waals surface area contributed by atoms with Crippen molar-refractivity contribution in [3.8, 4) is 16.3 Å². The molecule has 0 atom stereocenters. The van der Waals surface area contributed by atoms with E-state index < -0.39 is 11.7 Å². The molecule has 1 amide bonds. The van der Waals surface area contributed by atoms with Crippen molar-refractivity contribution >= 4 is 33.3 Å². The van der Waals surface area contributed by atoms with Crippen molar-refractivity contribution in [2.24, 2.45) is 0 Å². The zero-order valence-corrected chi connectivity index (χ0v) is 14.2. The van der Waals surface area contributed by atoms with Gasteiger partial charge in [0.2, 0.25) is 5.88 Å². The number of nitrogens with zero attached hydrogens (tertiary/aromatic N) is 3. The van der Waals surface area contributed by atoms with Crippen LogP contribution >= 0.6 is 11.3 Å². The van der Waals surface area contributed by atoms with Crippen molar-refractivity contribution < 1.29 is 14.6 Å². The number of carbonyl (C=O) groups excluding carboxylic acids is 1. The highest BCUT2D eigenvalue weighted by Gasteiger charge is 2.17. The van der Waals surface area contributed by atoms with Gasteiger partial charge in [0.1, 0.15) is 5.60 Å². The van der Waals surface area contributed by atoms with Crippen LogP contribution in [0.25, 0.3) is 21.2 Å². The summed E-state index contributed by atoms with van der Waals surface area (Å²) in [6.45, 7) is 5.40. The van der Waals surface area contributed by atoms with Crippen LogP contribution in [0.4, 0.5) is 9.93 Å². The van der Waals surface area contributed by atoms with Crippen LogP contribution in [0, 0.1) is 0 Å². The van der Waals surface area contributed by atoms with E-state index in [0.29, 0.717) is 10.5 Å². The van der Waals surface area contributed by atoms with Gasteiger partial charge in [0.15, 0.2) is 5.13 Å². The molecule has 0 saturated carbocycles. The highest BCUT2D eigenvalue weighted by atomic mass is 32.1. The van der Waals surface area contributed by atoms with E-state index in [-0.39, 0.29) is 5.88 Å². The Morgan fingerprint density at radius 3 is 2.83 bits per heavy atom. The monoisotopic (exact) mass is 344 g/mol. The van der Waals surface area contributed by atoms with Gasteiger partial charge in [-0.1, -0.05) is 17.4 Å². The fourth-order valence-electron chi connectivity index (χ4n) is 2.08. The smallest absolute Gasteiger partial charge is 0.413 e. The first-order valence-electron chi connectivity index (χ1n) is 7.22. The molecule has 0 saturated heterocycles. The maximum atomic E-state index is 11.8. The summed E-state index contributed by atoms with van der Waals surface area (Å²) < 4.78 is 5.20. The largest absolute Gasteiger partial charge is 0.492 e. The number of aromatic nitrogens is 3. The van der Waals surface area contributed by atoms with E-state index >= 15 is 0 Å². The molecular weight excluding hydrogens is 328 g/mol. The van der Waals surface area contributed by atoms with E-state index in [2.05, 4.69) is 20.5 Å². The molecule has 0 radical (unpaired) electrons. The SMILES string of the molecule is CC(C)(C)OC(=O)Nc1ncc(-c2ccc3c(O)nncc3c2)s1. The van der Waals surface area contributed by atoms with Crippen molar-refractivity contribution in [2.75, 3.05) is 5.32 Å². The number of fused-ring (bicyclic) bond motifs is 1. The fraction of sp³-hybridized carbons (Fsp3) is 0.250. The summed E-state index contributed by atoms with van der Waals surface area (Å²) in [7, 11) is 0. The number of thiazole rings is 1. The number of amides is 1. The number of hydrogen-bond acceptors (Lipinski definition) is 7. The number of ether oxygens (including phenoxy) is 1. The molecule has 124 valence electrons.